The number of nitrogens with one attached hydrogen (secondary N) is 2. The topological polar surface area (TPSA) is 53.0 Å². The Morgan fingerprint density at radius 2 is 2.23 bits per heavy atom. The van der Waals surface area contributed by atoms with Crippen molar-refractivity contribution in [2.75, 3.05) is 0 Å². The molecule has 0 saturated heterocycles. The molecule has 0 aliphatic carbocycles. The van der Waals surface area contributed by atoms with Crippen LogP contribution in [-0.2, 0) is 4.79 Å². The zero-order chi connectivity index (χ0) is 10.4. The average molecular weight is 201 g/mol. The first kappa shape index (κ1) is 11.9. The maximum Gasteiger partial charge on any atom is 0.256 e. The van der Waals surface area contributed by atoms with Crippen LogP contribution in [0.25, 0.3) is 0 Å². The second kappa shape index (κ2) is 5.54. The number of amides is 1. The molecular formula is C9H13ClN2O. The van der Waals surface area contributed by atoms with Gasteiger partial charge in [-0.05, 0) is 13.3 Å². The summed E-state index contributed by atoms with van der Waals surface area (Å²) in [6.45, 7) is 6.98. The van der Waals surface area contributed by atoms with Gasteiger partial charge in [-0.15, -0.1) is 0 Å². The first-order valence-electron chi connectivity index (χ1n) is 3.88. The summed E-state index contributed by atoms with van der Waals surface area (Å²) in [5, 5.41) is 9.94. The largest absolute Gasteiger partial charge is 0.325 e. The van der Waals surface area contributed by atoms with E-state index >= 15 is 0 Å². The number of carbonyl (C=O) groups excluding carboxylic acids is 1. The average Bonchev–Trinajstić information content (AvgIpc) is 2.11. The Kier molecular flexibility index (Phi) is 5.07. The highest BCUT2D eigenvalue weighted by molar-refractivity contribution is 6.29. The van der Waals surface area contributed by atoms with Gasteiger partial charge >= 0.3 is 0 Å². The minimum atomic E-state index is -0.383. The lowest BCUT2D eigenvalue weighted by Gasteiger charge is -2.07. The summed E-state index contributed by atoms with van der Waals surface area (Å²) in [5.41, 5.74) is 0.776. The van der Waals surface area contributed by atoms with Crippen molar-refractivity contribution in [3.8, 4) is 0 Å². The summed E-state index contributed by atoms with van der Waals surface area (Å²) in [7, 11) is 0. The molecule has 0 spiro atoms. The SMILES string of the molecule is C=C(C=N)C(=O)N/C(CC)=C(/C)Cl. The van der Waals surface area contributed by atoms with Crippen molar-refractivity contribution in [2.45, 2.75) is 20.3 Å². The lowest BCUT2D eigenvalue weighted by Crippen LogP contribution is -2.24. The molecule has 3 nitrogen and oxygen atoms in total. The van der Waals surface area contributed by atoms with Crippen molar-refractivity contribution in [1.29, 1.82) is 5.41 Å². The van der Waals surface area contributed by atoms with Crippen LogP contribution in [0.3, 0.4) is 0 Å². The van der Waals surface area contributed by atoms with Gasteiger partial charge in [-0.25, -0.2) is 0 Å². The Bertz CT molecular complexity index is 265. The molecule has 2 N–H and O–H groups in total. The van der Waals surface area contributed by atoms with Crippen molar-refractivity contribution < 1.29 is 4.79 Å². The molecule has 13 heavy (non-hydrogen) atoms. The van der Waals surface area contributed by atoms with Crippen LogP contribution in [0.1, 0.15) is 20.3 Å². The van der Waals surface area contributed by atoms with E-state index in [2.05, 4.69) is 11.9 Å². The molecule has 0 aliphatic rings. The lowest BCUT2D eigenvalue weighted by molar-refractivity contribution is -0.116. The molecule has 0 heterocycles. The van der Waals surface area contributed by atoms with E-state index in [0.717, 1.165) is 6.21 Å². The highest BCUT2D eigenvalue weighted by Gasteiger charge is 2.06. The van der Waals surface area contributed by atoms with Crippen LogP contribution >= 0.6 is 11.6 Å². The van der Waals surface area contributed by atoms with E-state index in [4.69, 9.17) is 17.0 Å². The van der Waals surface area contributed by atoms with Crippen LogP contribution in [0, 0.1) is 5.41 Å². The maximum atomic E-state index is 11.2. The molecule has 0 atom stereocenters. The molecule has 0 fully saturated rings. The molecule has 0 aromatic heterocycles. The molecular weight excluding hydrogens is 188 g/mol. The van der Waals surface area contributed by atoms with Gasteiger partial charge in [0, 0.05) is 16.9 Å². The summed E-state index contributed by atoms with van der Waals surface area (Å²) in [6, 6.07) is 0. The van der Waals surface area contributed by atoms with Gasteiger partial charge in [0.2, 0.25) is 0 Å². The lowest BCUT2D eigenvalue weighted by atomic mass is 10.2. The third-order valence-electron chi connectivity index (χ3n) is 1.50. The van der Waals surface area contributed by atoms with Crippen LogP contribution in [-0.4, -0.2) is 12.1 Å². The minimum Gasteiger partial charge on any atom is -0.325 e. The van der Waals surface area contributed by atoms with Crippen LogP contribution < -0.4 is 5.32 Å². The van der Waals surface area contributed by atoms with Crippen molar-refractivity contribution >= 4 is 23.7 Å². The monoisotopic (exact) mass is 200 g/mol. The van der Waals surface area contributed by atoms with E-state index < -0.39 is 0 Å². The third-order valence-corrected chi connectivity index (χ3v) is 1.73. The number of hydrogen-bond donors (Lipinski definition) is 2. The Hall–Kier alpha value is -1.09. The van der Waals surface area contributed by atoms with E-state index in [0.29, 0.717) is 17.2 Å². The quantitative estimate of drug-likeness (QED) is 0.531. The van der Waals surface area contributed by atoms with Crippen molar-refractivity contribution in [3.63, 3.8) is 0 Å². The van der Waals surface area contributed by atoms with Crippen molar-refractivity contribution in [3.05, 3.63) is 22.9 Å². The fourth-order valence-electron chi connectivity index (χ4n) is 0.701. The fourth-order valence-corrected chi connectivity index (χ4v) is 0.882. The maximum absolute atomic E-state index is 11.2. The van der Waals surface area contributed by atoms with Gasteiger partial charge in [0.15, 0.2) is 0 Å². The molecule has 0 saturated carbocycles. The zero-order valence-corrected chi connectivity index (χ0v) is 8.53. The predicted molar refractivity (Wildman–Crippen MR) is 54.9 cm³/mol. The summed E-state index contributed by atoms with van der Waals surface area (Å²) in [5.74, 6) is -0.383. The van der Waals surface area contributed by atoms with Gasteiger partial charge in [0.25, 0.3) is 5.91 Å². The first-order valence-corrected chi connectivity index (χ1v) is 4.26. The highest BCUT2D eigenvalue weighted by Crippen LogP contribution is 2.09. The second-order valence-electron chi connectivity index (χ2n) is 2.49. The summed E-state index contributed by atoms with van der Waals surface area (Å²) >= 11 is 5.71. The van der Waals surface area contributed by atoms with E-state index in [1.54, 1.807) is 6.92 Å². The zero-order valence-electron chi connectivity index (χ0n) is 7.78. The van der Waals surface area contributed by atoms with Gasteiger partial charge in [0.05, 0.1) is 5.57 Å². The minimum absolute atomic E-state index is 0.115. The molecule has 0 aromatic carbocycles. The molecule has 0 radical (unpaired) electrons. The van der Waals surface area contributed by atoms with Gasteiger partial charge in [-0.1, -0.05) is 25.1 Å². The second-order valence-corrected chi connectivity index (χ2v) is 3.06. The number of allylic oxidation sites excluding steroid dienone is 2. The summed E-state index contributed by atoms with van der Waals surface area (Å²) < 4.78 is 0. The Labute approximate surface area is 83.0 Å². The van der Waals surface area contributed by atoms with Crippen molar-refractivity contribution in [1.82, 2.24) is 5.32 Å². The van der Waals surface area contributed by atoms with E-state index in [9.17, 15) is 4.79 Å². The van der Waals surface area contributed by atoms with Gasteiger partial charge in [0.1, 0.15) is 0 Å². The Morgan fingerprint density at radius 1 is 1.69 bits per heavy atom. The van der Waals surface area contributed by atoms with Crippen LogP contribution in [0.2, 0.25) is 0 Å². The summed E-state index contributed by atoms with van der Waals surface area (Å²) in [6.07, 6.45) is 1.55. The Morgan fingerprint density at radius 3 is 2.54 bits per heavy atom. The molecule has 4 heteroatoms. The normalized spacial score (nSPS) is 11.6. The van der Waals surface area contributed by atoms with Gasteiger partial charge < -0.3 is 10.7 Å². The molecule has 0 bridgehead atoms. The van der Waals surface area contributed by atoms with Gasteiger partial charge in [-0.3, -0.25) is 4.79 Å². The highest BCUT2D eigenvalue weighted by atomic mass is 35.5. The standard InChI is InChI=1S/C9H13ClN2O/c1-4-8(7(3)10)12-9(13)6(2)5-11/h5,11H,2,4H2,1,3H3,(H,12,13)/b8-7-,11-5?. The van der Waals surface area contributed by atoms with E-state index in [-0.39, 0.29) is 11.5 Å². The molecule has 0 rings (SSSR count). The van der Waals surface area contributed by atoms with Crippen LogP contribution in [0.15, 0.2) is 22.9 Å². The van der Waals surface area contributed by atoms with E-state index in [1.165, 1.54) is 0 Å². The number of rotatable bonds is 4. The third kappa shape index (κ3) is 3.90. The fraction of sp³-hybridized carbons (Fsp3) is 0.333. The molecule has 72 valence electrons. The number of halogens is 1. The number of hydrogen-bond acceptors (Lipinski definition) is 2. The summed E-state index contributed by atoms with van der Waals surface area (Å²) in [4.78, 5) is 11.2. The smallest absolute Gasteiger partial charge is 0.256 e. The van der Waals surface area contributed by atoms with Gasteiger partial charge in [-0.2, -0.15) is 0 Å². The van der Waals surface area contributed by atoms with Crippen molar-refractivity contribution in [2.24, 2.45) is 0 Å². The Balaban J connectivity index is 4.44. The number of carbonyl (C=O) groups is 1. The van der Waals surface area contributed by atoms with E-state index in [1.807, 2.05) is 6.92 Å². The van der Waals surface area contributed by atoms with Crippen LogP contribution in [0.5, 0.6) is 0 Å². The molecule has 1 amide bonds. The predicted octanol–water partition coefficient (Wildman–Crippen LogP) is 2.19. The molecule has 0 unspecified atom stereocenters. The van der Waals surface area contributed by atoms with Crippen LogP contribution in [0.4, 0.5) is 0 Å². The molecule has 0 aromatic rings. The first-order chi connectivity index (χ1) is 6.02. The molecule has 0 aliphatic heterocycles.